The SMILES string of the molecule is C[C@@H](CCCNC(=O)C1C=C(SF)C=CC=N1)[C@H](NC(=O)NC(CCC(=O)O)C(=O)O)C(=O)O. The van der Waals surface area contributed by atoms with Gasteiger partial charge in [-0.15, -0.1) is 0 Å². The van der Waals surface area contributed by atoms with Crippen molar-refractivity contribution < 1.29 is 43.2 Å². The summed E-state index contributed by atoms with van der Waals surface area (Å²) in [6.45, 7) is 1.75. The third kappa shape index (κ3) is 10.5. The van der Waals surface area contributed by atoms with Gasteiger partial charge in [-0.2, -0.15) is 3.89 Å². The van der Waals surface area contributed by atoms with Crippen molar-refractivity contribution in [1.29, 1.82) is 0 Å². The van der Waals surface area contributed by atoms with Crippen LogP contribution < -0.4 is 16.0 Å². The number of hydrogen-bond donors (Lipinski definition) is 6. The molecule has 3 amide bonds. The van der Waals surface area contributed by atoms with Gasteiger partial charge in [0.2, 0.25) is 5.91 Å². The Morgan fingerprint density at radius 2 is 1.82 bits per heavy atom. The molecule has 0 radical (unpaired) electrons. The lowest BCUT2D eigenvalue weighted by Gasteiger charge is -2.23. The lowest BCUT2D eigenvalue weighted by Crippen LogP contribution is -2.53. The minimum Gasteiger partial charge on any atom is -0.481 e. The number of carboxylic acid groups (broad SMARTS) is 3. The summed E-state index contributed by atoms with van der Waals surface area (Å²) in [4.78, 5) is 61.9. The molecular formula is C20H27FN4O8S. The monoisotopic (exact) mass is 502 g/mol. The van der Waals surface area contributed by atoms with Gasteiger partial charge in [-0.25, -0.2) is 14.4 Å². The summed E-state index contributed by atoms with van der Waals surface area (Å²) >= 11 is -0.00747. The van der Waals surface area contributed by atoms with Gasteiger partial charge in [0, 0.05) is 24.1 Å². The quantitative estimate of drug-likeness (QED) is 0.189. The summed E-state index contributed by atoms with van der Waals surface area (Å²) in [5, 5.41) is 34.1. The van der Waals surface area contributed by atoms with E-state index < -0.39 is 60.3 Å². The predicted octanol–water partition coefficient (Wildman–Crippen LogP) is 1.10. The van der Waals surface area contributed by atoms with E-state index in [-0.39, 0.29) is 36.4 Å². The molecule has 2 unspecified atom stereocenters. The van der Waals surface area contributed by atoms with Crippen molar-refractivity contribution in [3.63, 3.8) is 0 Å². The molecule has 0 saturated heterocycles. The second-order valence-electron chi connectivity index (χ2n) is 7.42. The van der Waals surface area contributed by atoms with E-state index in [4.69, 9.17) is 10.2 Å². The van der Waals surface area contributed by atoms with Crippen LogP contribution in [0.25, 0.3) is 0 Å². The maximum absolute atomic E-state index is 12.8. The number of carbonyl (C=O) groups excluding carboxylic acids is 2. The first-order chi connectivity index (χ1) is 16.0. The first-order valence-corrected chi connectivity index (χ1v) is 11.0. The highest BCUT2D eigenvalue weighted by Gasteiger charge is 2.28. The van der Waals surface area contributed by atoms with E-state index in [1.807, 2.05) is 0 Å². The van der Waals surface area contributed by atoms with Gasteiger partial charge in [0.25, 0.3) is 0 Å². The number of nitrogens with one attached hydrogen (secondary N) is 3. The minimum absolute atomic E-state index is 0.00747. The first-order valence-electron chi connectivity index (χ1n) is 10.3. The van der Waals surface area contributed by atoms with Crippen molar-refractivity contribution in [1.82, 2.24) is 16.0 Å². The predicted molar refractivity (Wildman–Crippen MR) is 121 cm³/mol. The van der Waals surface area contributed by atoms with Crippen LogP contribution in [0.15, 0.2) is 28.1 Å². The van der Waals surface area contributed by atoms with Crippen LogP contribution in [-0.4, -0.2) is 76.1 Å². The molecule has 6 N–H and O–H groups in total. The maximum atomic E-state index is 12.8. The highest BCUT2D eigenvalue weighted by Crippen LogP contribution is 2.20. The van der Waals surface area contributed by atoms with Crippen LogP contribution in [0.4, 0.5) is 8.68 Å². The maximum Gasteiger partial charge on any atom is 0.326 e. The average molecular weight is 503 g/mol. The van der Waals surface area contributed by atoms with Crippen molar-refractivity contribution in [2.45, 2.75) is 50.7 Å². The minimum atomic E-state index is -1.50. The van der Waals surface area contributed by atoms with Gasteiger partial charge in [-0.05, 0) is 43.4 Å². The lowest BCUT2D eigenvalue weighted by molar-refractivity contribution is -0.141. The van der Waals surface area contributed by atoms with Crippen molar-refractivity contribution in [3.05, 3.63) is 23.1 Å². The number of halogens is 1. The Labute approximate surface area is 199 Å². The molecule has 0 saturated carbocycles. The van der Waals surface area contributed by atoms with Gasteiger partial charge in [0.1, 0.15) is 18.1 Å². The molecule has 0 fully saturated rings. The van der Waals surface area contributed by atoms with E-state index in [2.05, 4.69) is 20.9 Å². The highest BCUT2D eigenvalue weighted by molar-refractivity contribution is 7.98. The molecule has 1 aliphatic heterocycles. The smallest absolute Gasteiger partial charge is 0.326 e. The number of aliphatic imine (C=N–C) groups is 1. The zero-order valence-corrected chi connectivity index (χ0v) is 19.1. The number of allylic oxidation sites excluding steroid dienone is 2. The Kier molecular flexibility index (Phi) is 12.3. The standard InChI is InChI=1S/C20H27FN4O8S/c1-11(4-2-9-23-17(28)14-10-12(34-21)5-3-8-22-14)16(19(31)32)25-20(33)24-13(18(29)30)6-7-15(26)27/h3,5,8,10-11,13-14,16H,2,4,6-7,9H2,1H3,(H,23,28)(H,26,27)(H,29,30)(H,31,32)(H2,24,25,33)/t11-,13?,14?,16-/m0/s1. The summed E-state index contributed by atoms with van der Waals surface area (Å²) in [5.74, 6) is -5.07. The topological polar surface area (TPSA) is 194 Å². The molecule has 0 aromatic heterocycles. The fraction of sp³-hybridized carbons (Fsp3) is 0.500. The summed E-state index contributed by atoms with van der Waals surface area (Å²) in [6.07, 6.45) is 5.52. The van der Waals surface area contributed by atoms with E-state index in [0.717, 1.165) is 0 Å². The summed E-state index contributed by atoms with van der Waals surface area (Å²) in [7, 11) is 0. The number of nitrogens with zero attached hydrogens (tertiary/aromatic N) is 1. The zero-order valence-electron chi connectivity index (χ0n) is 18.3. The third-order valence-electron chi connectivity index (χ3n) is 4.78. The van der Waals surface area contributed by atoms with Crippen LogP contribution in [-0.2, 0) is 19.2 Å². The van der Waals surface area contributed by atoms with Crippen LogP contribution in [0.1, 0.15) is 32.6 Å². The number of rotatable bonds is 14. The van der Waals surface area contributed by atoms with Crippen molar-refractivity contribution in [2.75, 3.05) is 6.54 Å². The number of aliphatic carboxylic acids is 3. The number of amides is 3. The number of carboxylic acids is 3. The molecule has 0 aromatic carbocycles. The highest BCUT2D eigenvalue weighted by atomic mass is 32.2. The zero-order chi connectivity index (χ0) is 25.7. The number of hydrogen-bond acceptors (Lipinski definition) is 7. The molecule has 1 aliphatic rings. The van der Waals surface area contributed by atoms with Crippen molar-refractivity contribution in [2.24, 2.45) is 10.9 Å². The Bertz CT molecular complexity index is 864. The van der Waals surface area contributed by atoms with Crippen LogP contribution in [0.5, 0.6) is 0 Å². The molecule has 4 atom stereocenters. The molecule has 34 heavy (non-hydrogen) atoms. The molecule has 0 spiro atoms. The molecule has 1 rings (SSSR count). The summed E-state index contributed by atoms with van der Waals surface area (Å²) < 4.78 is 12.8. The van der Waals surface area contributed by atoms with Crippen LogP contribution in [0.2, 0.25) is 0 Å². The first kappa shape index (κ1) is 28.6. The fourth-order valence-corrected chi connectivity index (χ4v) is 3.26. The van der Waals surface area contributed by atoms with E-state index in [0.29, 0.717) is 6.42 Å². The largest absolute Gasteiger partial charge is 0.481 e. The molecular weight excluding hydrogens is 475 g/mol. The van der Waals surface area contributed by atoms with E-state index in [9.17, 15) is 33.0 Å². The average Bonchev–Trinajstić information content (AvgIpc) is 3.02. The Morgan fingerprint density at radius 1 is 1.12 bits per heavy atom. The van der Waals surface area contributed by atoms with Crippen molar-refractivity contribution >= 4 is 48.2 Å². The Morgan fingerprint density at radius 3 is 2.41 bits per heavy atom. The summed E-state index contributed by atoms with van der Waals surface area (Å²) in [5.41, 5.74) is 0. The van der Waals surface area contributed by atoms with Crippen LogP contribution in [0, 0.1) is 5.92 Å². The molecule has 0 bridgehead atoms. The molecule has 188 valence electrons. The van der Waals surface area contributed by atoms with Crippen LogP contribution in [0.3, 0.4) is 0 Å². The molecule has 0 aliphatic carbocycles. The van der Waals surface area contributed by atoms with E-state index >= 15 is 0 Å². The molecule has 0 aromatic rings. The number of carbonyl (C=O) groups is 5. The van der Waals surface area contributed by atoms with Gasteiger partial charge in [-0.1, -0.05) is 6.92 Å². The van der Waals surface area contributed by atoms with Gasteiger partial charge in [0.05, 0.1) is 12.1 Å². The molecule has 1 heterocycles. The number of urea groups is 1. The molecule has 12 nitrogen and oxygen atoms in total. The summed E-state index contributed by atoms with van der Waals surface area (Å²) in [6, 6.07) is -4.80. The van der Waals surface area contributed by atoms with Gasteiger partial charge >= 0.3 is 23.9 Å². The Hall–Kier alpha value is -3.42. The van der Waals surface area contributed by atoms with E-state index in [1.54, 1.807) is 6.92 Å². The fourth-order valence-electron chi connectivity index (χ4n) is 2.95. The lowest BCUT2D eigenvalue weighted by atomic mass is 9.96. The van der Waals surface area contributed by atoms with Crippen LogP contribution >= 0.6 is 12.1 Å². The second kappa shape index (κ2) is 14.7. The van der Waals surface area contributed by atoms with Gasteiger partial charge < -0.3 is 31.3 Å². The normalized spacial score (nSPS) is 17.5. The van der Waals surface area contributed by atoms with Crippen molar-refractivity contribution in [3.8, 4) is 0 Å². The molecule has 14 heteroatoms. The van der Waals surface area contributed by atoms with Gasteiger partial charge in [0.15, 0.2) is 0 Å². The van der Waals surface area contributed by atoms with E-state index in [1.165, 1.54) is 24.4 Å². The van der Waals surface area contributed by atoms with Gasteiger partial charge in [-0.3, -0.25) is 14.6 Å². The second-order valence-corrected chi connectivity index (χ2v) is 8.04. The Balaban J connectivity index is 2.54. The third-order valence-corrected chi connectivity index (χ3v) is 5.23.